The van der Waals surface area contributed by atoms with Crippen LogP contribution < -0.4 is 15.2 Å². The van der Waals surface area contributed by atoms with Crippen LogP contribution in [-0.2, 0) is 0 Å². The molecule has 2 aliphatic heterocycles. The van der Waals surface area contributed by atoms with Crippen LogP contribution in [0.1, 0.15) is 44.1 Å². The molecule has 0 amide bonds. The Balaban J connectivity index is 1.52. The number of hydrogen-bond donors (Lipinski definition) is 1. The normalized spacial score (nSPS) is 17.7. The summed E-state index contributed by atoms with van der Waals surface area (Å²) >= 11 is 1.73. The maximum Gasteiger partial charge on any atom is 0.250 e. The molecule has 0 saturated carbocycles. The summed E-state index contributed by atoms with van der Waals surface area (Å²) in [6.45, 7) is 4.03. The molecule has 4 rings (SSSR count). The first-order valence-electron chi connectivity index (χ1n) is 10.5. The fourth-order valence-electron chi connectivity index (χ4n) is 3.73. The minimum absolute atomic E-state index is 0.512. The number of thioether (sulfide) groups is 1. The lowest BCUT2D eigenvalue weighted by molar-refractivity contribution is 0.556. The second kappa shape index (κ2) is 9.91. The van der Waals surface area contributed by atoms with E-state index in [9.17, 15) is 0 Å². The van der Waals surface area contributed by atoms with E-state index >= 15 is 0 Å². The Morgan fingerprint density at radius 2 is 1.38 bits per heavy atom. The van der Waals surface area contributed by atoms with Gasteiger partial charge < -0.3 is 9.80 Å². The third kappa shape index (κ3) is 5.38. The number of nitrogens with zero attached hydrogens (tertiary/aromatic N) is 6. The molecule has 1 N–H and O–H groups in total. The molecule has 0 aliphatic carbocycles. The number of hydrogen-bond acceptors (Lipinski definition) is 8. The van der Waals surface area contributed by atoms with Gasteiger partial charge in [-0.1, -0.05) is 12.1 Å². The van der Waals surface area contributed by atoms with Crippen LogP contribution in [0.25, 0.3) is 0 Å². The lowest BCUT2D eigenvalue weighted by Gasteiger charge is -2.30. The van der Waals surface area contributed by atoms with Gasteiger partial charge in [0.15, 0.2) is 0 Å². The van der Waals surface area contributed by atoms with E-state index in [1.54, 1.807) is 18.0 Å². The Labute approximate surface area is 177 Å². The highest BCUT2D eigenvalue weighted by atomic mass is 32.2. The largest absolute Gasteiger partial charge is 0.341 e. The molecule has 2 aliphatic rings. The molecule has 2 saturated heterocycles. The van der Waals surface area contributed by atoms with Crippen molar-refractivity contribution in [3.8, 4) is 0 Å². The van der Waals surface area contributed by atoms with E-state index in [0.29, 0.717) is 5.95 Å². The van der Waals surface area contributed by atoms with Crippen LogP contribution in [0, 0.1) is 0 Å². The topological polar surface area (TPSA) is 69.5 Å². The van der Waals surface area contributed by atoms with Crippen LogP contribution in [0.4, 0.5) is 17.8 Å². The van der Waals surface area contributed by atoms with Crippen molar-refractivity contribution in [2.75, 3.05) is 47.7 Å². The average Bonchev–Trinajstić information content (AvgIpc) is 2.80. The number of nitrogens with one attached hydrogen (secondary N) is 1. The van der Waals surface area contributed by atoms with Crippen molar-refractivity contribution in [3.63, 3.8) is 0 Å². The molecule has 1 aromatic heterocycles. The van der Waals surface area contributed by atoms with Gasteiger partial charge in [0.05, 0.1) is 6.21 Å². The predicted octanol–water partition coefficient (Wildman–Crippen LogP) is 4.02. The second-order valence-corrected chi connectivity index (χ2v) is 8.38. The van der Waals surface area contributed by atoms with E-state index in [1.165, 1.54) is 43.4 Å². The zero-order valence-corrected chi connectivity index (χ0v) is 17.9. The van der Waals surface area contributed by atoms with Gasteiger partial charge in [0.2, 0.25) is 17.8 Å². The van der Waals surface area contributed by atoms with Gasteiger partial charge in [-0.15, -0.1) is 11.8 Å². The smallest absolute Gasteiger partial charge is 0.250 e. The Kier molecular flexibility index (Phi) is 6.82. The van der Waals surface area contributed by atoms with Crippen LogP contribution in [-0.4, -0.2) is 53.6 Å². The van der Waals surface area contributed by atoms with Gasteiger partial charge in [0, 0.05) is 31.1 Å². The summed E-state index contributed by atoms with van der Waals surface area (Å²) < 4.78 is 0. The van der Waals surface area contributed by atoms with Crippen molar-refractivity contribution in [3.05, 3.63) is 29.8 Å². The van der Waals surface area contributed by atoms with Crippen LogP contribution in [0.3, 0.4) is 0 Å². The number of anilines is 3. The van der Waals surface area contributed by atoms with Gasteiger partial charge in [-0.05, 0) is 62.5 Å². The summed E-state index contributed by atoms with van der Waals surface area (Å²) in [4.78, 5) is 19.9. The molecule has 0 unspecified atom stereocenters. The third-order valence-corrected chi connectivity index (χ3v) is 6.13. The zero-order chi connectivity index (χ0) is 19.9. The van der Waals surface area contributed by atoms with Gasteiger partial charge in [-0.2, -0.15) is 20.1 Å². The van der Waals surface area contributed by atoms with Crippen LogP contribution in [0.5, 0.6) is 0 Å². The van der Waals surface area contributed by atoms with Crippen molar-refractivity contribution < 1.29 is 0 Å². The van der Waals surface area contributed by atoms with Crippen molar-refractivity contribution in [2.24, 2.45) is 5.10 Å². The predicted molar refractivity (Wildman–Crippen MR) is 121 cm³/mol. The first kappa shape index (κ1) is 19.9. The van der Waals surface area contributed by atoms with Crippen molar-refractivity contribution in [1.29, 1.82) is 0 Å². The standard InChI is InChI=1S/C21H29N7S/c1-29-18-10-8-17(9-11-18)16-22-26-19-23-20(27-12-4-2-5-13-27)25-21(24-19)28-14-6-3-7-15-28/h8-11,16H,2-7,12-15H2,1H3,(H,23,24,25,26)/b22-16-. The minimum atomic E-state index is 0.512. The van der Waals surface area contributed by atoms with E-state index in [1.807, 2.05) is 0 Å². The summed E-state index contributed by atoms with van der Waals surface area (Å²) in [5.74, 6) is 2.04. The van der Waals surface area contributed by atoms with E-state index in [0.717, 1.165) is 43.6 Å². The quantitative estimate of drug-likeness (QED) is 0.437. The van der Waals surface area contributed by atoms with E-state index in [2.05, 4.69) is 60.8 Å². The first-order chi connectivity index (χ1) is 14.3. The molecule has 0 radical (unpaired) electrons. The van der Waals surface area contributed by atoms with E-state index in [-0.39, 0.29) is 0 Å². The Hall–Kier alpha value is -2.35. The Morgan fingerprint density at radius 3 is 1.90 bits per heavy atom. The van der Waals surface area contributed by atoms with Crippen molar-refractivity contribution >= 4 is 35.8 Å². The van der Waals surface area contributed by atoms with Crippen LogP contribution >= 0.6 is 11.8 Å². The molecule has 0 bridgehead atoms. The van der Waals surface area contributed by atoms with Gasteiger partial charge in [-0.25, -0.2) is 5.43 Å². The van der Waals surface area contributed by atoms with Gasteiger partial charge in [0.25, 0.3) is 0 Å². The highest BCUT2D eigenvalue weighted by Gasteiger charge is 2.20. The van der Waals surface area contributed by atoms with Crippen molar-refractivity contribution in [2.45, 2.75) is 43.4 Å². The maximum atomic E-state index is 4.80. The Bertz CT molecular complexity index is 776. The molecule has 29 heavy (non-hydrogen) atoms. The number of hydrazone groups is 1. The fraction of sp³-hybridized carbons (Fsp3) is 0.524. The summed E-state index contributed by atoms with van der Waals surface area (Å²) in [5.41, 5.74) is 4.07. The summed E-state index contributed by atoms with van der Waals surface area (Å²) in [5, 5.41) is 4.37. The summed E-state index contributed by atoms with van der Waals surface area (Å²) in [6.07, 6.45) is 11.2. The highest BCUT2D eigenvalue weighted by Crippen LogP contribution is 2.22. The van der Waals surface area contributed by atoms with Crippen LogP contribution in [0.15, 0.2) is 34.3 Å². The highest BCUT2D eigenvalue weighted by molar-refractivity contribution is 7.98. The maximum absolute atomic E-state index is 4.80. The molecular weight excluding hydrogens is 382 g/mol. The molecular formula is C21H29N7S. The molecule has 1 aromatic carbocycles. The van der Waals surface area contributed by atoms with E-state index in [4.69, 9.17) is 4.98 Å². The monoisotopic (exact) mass is 411 g/mol. The molecule has 7 nitrogen and oxygen atoms in total. The van der Waals surface area contributed by atoms with Gasteiger partial charge >= 0.3 is 0 Å². The van der Waals surface area contributed by atoms with E-state index < -0.39 is 0 Å². The lowest BCUT2D eigenvalue weighted by Crippen LogP contribution is -2.34. The summed E-state index contributed by atoms with van der Waals surface area (Å²) in [6, 6.07) is 8.31. The molecule has 0 spiro atoms. The SMILES string of the molecule is CSc1ccc(/C=N\Nc2nc(N3CCCCC3)nc(N3CCCCC3)n2)cc1. The fourth-order valence-corrected chi connectivity index (χ4v) is 4.14. The molecule has 2 fully saturated rings. The number of piperidine rings is 2. The van der Waals surface area contributed by atoms with Crippen LogP contribution in [0.2, 0.25) is 0 Å². The molecule has 8 heteroatoms. The number of aromatic nitrogens is 3. The molecule has 0 atom stereocenters. The average molecular weight is 412 g/mol. The van der Waals surface area contributed by atoms with Gasteiger partial charge in [-0.3, -0.25) is 0 Å². The van der Waals surface area contributed by atoms with Crippen molar-refractivity contribution in [1.82, 2.24) is 15.0 Å². The molecule has 2 aromatic rings. The minimum Gasteiger partial charge on any atom is -0.341 e. The number of rotatable bonds is 6. The zero-order valence-electron chi connectivity index (χ0n) is 17.0. The first-order valence-corrected chi connectivity index (χ1v) is 11.7. The Morgan fingerprint density at radius 1 is 0.828 bits per heavy atom. The second-order valence-electron chi connectivity index (χ2n) is 7.50. The molecule has 3 heterocycles. The summed E-state index contributed by atoms with van der Waals surface area (Å²) in [7, 11) is 0. The number of benzene rings is 1. The van der Waals surface area contributed by atoms with Gasteiger partial charge in [0.1, 0.15) is 0 Å². The third-order valence-electron chi connectivity index (χ3n) is 5.38. The molecule has 154 valence electrons. The lowest BCUT2D eigenvalue weighted by atomic mass is 10.1.